The number of ether oxygens (including phenoxy) is 3. The number of hydrogen-bond donors (Lipinski definition) is 0. The van der Waals surface area contributed by atoms with E-state index in [-0.39, 0.29) is 6.10 Å². The van der Waals surface area contributed by atoms with E-state index in [1.165, 1.54) is 0 Å². The summed E-state index contributed by atoms with van der Waals surface area (Å²) in [5, 5.41) is 0. The molecule has 0 amide bonds. The molecule has 72 valence electrons. The lowest BCUT2D eigenvalue weighted by Crippen LogP contribution is -2.37. The van der Waals surface area contributed by atoms with Crippen LogP contribution in [0.25, 0.3) is 0 Å². The molecule has 1 heterocycles. The van der Waals surface area contributed by atoms with Crippen molar-refractivity contribution in [2.45, 2.75) is 32.5 Å². The van der Waals surface area contributed by atoms with Gasteiger partial charge in [-0.2, -0.15) is 0 Å². The summed E-state index contributed by atoms with van der Waals surface area (Å²) in [5.41, 5.74) is 0. The van der Waals surface area contributed by atoms with Gasteiger partial charge in [-0.1, -0.05) is 6.92 Å². The summed E-state index contributed by atoms with van der Waals surface area (Å²) >= 11 is 0. The molecule has 12 heavy (non-hydrogen) atoms. The van der Waals surface area contributed by atoms with E-state index < -0.39 is 0 Å². The summed E-state index contributed by atoms with van der Waals surface area (Å²) in [4.78, 5) is 0. The zero-order chi connectivity index (χ0) is 8.97. The molecular formula is C9H18O3. The van der Waals surface area contributed by atoms with Crippen molar-refractivity contribution in [1.29, 1.82) is 0 Å². The van der Waals surface area contributed by atoms with Gasteiger partial charge in [-0.3, -0.25) is 0 Å². The Kier molecular flexibility index (Phi) is 3.98. The summed E-state index contributed by atoms with van der Waals surface area (Å²) in [6.45, 7) is 5.36. The molecule has 0 N–H and O–H groups in total. The van der Waals surface area contributed by atoms with Gasteiger partial charge in [0.25, 0.3) is 0 Å². The lowest BCUT2D eigenvalue weighted by atomic mass is 9.96. The predicted octanol–water partition coefficient (Wildman–Crippen LogP) is 1.42. The van der Waals surface area contributed by atoms with Crippen molar-refractivity contribution >= 4 is 0 Å². The Morgan fingerprint density at radius 1 is 1.42 bits per heavy atom. The fraction of sp³-hybridized carbons (Fsp3) is 1.00. The van der Waals surface area contributed by atoms with Crippen LogP contribution in [0.15, 0.2) is 0 Å². The zero-order valence-electron chi connectivity index (χ0n) is 8.08. The standard InChI is InChI=1S/C9H18O3/c1-7-4-8(2)11-5-9(7)12-6-10-3/h7-9H,4-6H2,1-3H3/t7-,8-,9+/m0/s1. The SMILES string of the molecule is COCO[C@@H]1CO[C@@H](C)C[C@@H]1C. The molecule has 0 spiro atoms. The smallest absolute Gasteiger partial charge is 0.146 e. The second-order valence-corrected chi connectivity index (χ2v) is 3.47. The second-order valence-electron chi connectivity index (χ2n) is 3.47. The summed E-state index contributed by atoms with van der Waals surface area (Å²) in [6, 6.07) is 0. The highest BCUT2D eigenvalue weighted by Crippen LogP contribution is 2.21. The van der Waals surface area contributed by atoms with Crippen LogP contribution >= 0.6 is 0 Å². The average Bonchev–Trinajstić information content (AvgIpc) is 2.03. The molecule has 0 unspecified atom stereocenters. The van der Waals surface area contributed by atoms with E-state index in [2.05, 4.69) is 13.8 Å². The van der Waals surface area contributed by atoms with Crippen molar-refractivity contribution in [2.75, 3.05) is 20.5 Å². The van der Waals surface area contributed by atoms with Crippen molar-refractivity contribution in [3.8, 4) is 0 Å². The van der Waals surface area contributed by atoms with Crippen LogP contribution in [-0.2, 0) is 14.2 Å². The molecular weight excluding hydrogens is 156 g/mol. The first-order valence-corrected chi connectivity index (χ1v) is 4.46. The molecule has 0 bridgehead atoms. The van der Waals surface area contributed by atoms with Gasteiger partial charge in [0, 0.05) is 7.11 Å². The normalized spacial score (nSPS) is 36.8. The molecule has 0 aromatic heterocycles. The zero-order valence-corrected chi connectivity index (χ0v) is 8.08. The molecule has 0 aromatic carbocycles. The maximum absolute atomic E-state index is 5.48. The van der Waals surface area contributed by atoms with Crippen LogP contribution in [0.5, 0.6) is 0 Å². The van der Waals surface area contributed by atoms with Crippen LogP contribution in [0.2, 0.25) is 0 Å². The van der Waals surface area contributed by atoms with Crippen LogP contribution in [0, 0.1) is 5.92 Å². The molecule has 1 aliphatic rings. The van der Waals surface area contributed by atoms with Gasteiger partial charge in [-0.05, 0) is 19.3 Å². The highest BCUT2D eigenvalue weighted by Gasteiger charge is 2.26. The van der Waals surface area contributed by atoms with Crippen LogP contribution in [0.4, 0.5) is 0 Å². The lowest BCUT2D eigenvalue weighted by Gasteiger charge is -2.32. The van der Waals surface area contributed by atoms with Crippen LogP contribution < -0.4 is 0 Å². The minimum atomic E-state index is 0.209. The first kappa shape index (κ1) is 9.96. The molecule has 3 nitrogen and oxygen atoms in total. The second kappa shape index (κ2) is 4.80. The molecule has 0 radical (unpaired) electrons. The topological polar surface area (TPSA) is 27.7 Å². The van der Waals surface area contributed by atoms with Crippen molar-refractivity contribution in [2.24, 2.45) is 5.92 Å². The molecule has 0 saturated carbocycles. The minimum Gasteiger partial charge on any atom is -0.376 e. The van der Waals surface area contributed by atoms with Gasteiger partial charge in [-0.25, -0.2) is 0 Å². The van der Waals surface area contributed by atoms with Crippen LogP contribution in [0.3, 0.4) is 0 Å². The Labute approximate surface area is 74.0 Å². The Morgan fingerprint density at radius 2 is 2.17 bits per heavy atom. The van der Waals surface area contributed by atoms with Crippen molar-refractivity contribution in [3.63, 3.8) is 0 Å². The van der Waals surface area contributed by atoms with Gasteiger partial charge in [0.2, 0.25) is 0 Å². The third-order valence-electron chi connectivity index (χ3n) is 2.28. The first-order chi connectivity index (χ1) is 5.74. The Balaban J connectivity index is 2.25. The average molecular weight is 174 g/mol. The molecule has 0 aromatic rings. The van der Waals surface area contributed by atoms with Gasteiger partial charge in [0.1, 0.15) is 6.79 Å². The van der Waals surface area contributed by atoms with Gasteiger partial charge in [0.15, 0.2) is 0 Å². The van der Waals surface area contributed by atoms with E-state index >= 15 is 0 Å². The van der Waals surface area contributed by atoms with E-state index in [0.717, 1.165) is 6.42 Å². The predicted molar refractivity (Wildman–Crippen MR) is 45.9 cm³/mol. The summed E-state index contributed by atoms with van der Waals surface area (Å²) in [5.74, 6) is 0.573. The fourth-order valence-electron chi connectivity index (χ4n) is 1.53. The van der Waals surface area contributed by atoms with E-state index in [1.807, 2.05) is 0 Å². The Morgan fingerprint density at radius 3 is 2.75 bits per heavy atom. The Hall–Kier alpha value is -0.120. The maximum Gasteiger partial charge on any atom is 0.146 e. The molecule has 3 atom stereocenters. The van der Waals surface area contributed by atoms with Gasteiger partial charge in [-0.15, -0.1) is 0 Å². The lowest BCUT2D eigenvalue weighted by molar-refractivity contribution is -0.150. The molecule has 1 aliphatic heterocycles. The number of rotatable bonds is 3. The number of methoxy groups -OCH3 is 1. The monoisotopic (exact) mass is 174 g/mol. The van der Waals surface area contributed by atoms with Gasteiger partial charge >= 0.3 is 0 Å². The van der Waals surface area contributed by atoms with Crippen molar-refractivity contribution in [3.05, 3.63) is 0 Å². The fourth-order valence-corrected chi connectivity index (χ4v) is 1.53. The highest BCUT2D eigenvalue weighted by molar-refractivity contribution is 4.73. The highest BCUT2D eigenvalue weighted by atomic mass is 16.7. The summed E-state index contributed by atoms with van der Waals surface area (Å²) in [6.07, 6.45) is 1.66. The van der Waals surface area contributed by atoms with E-state index in [4.69, 9.17) is 14.2 Å². The molecule has 3 heteroatoms. The van der Waals surface area contributed by atoms with Gasteiger partial charge < -0.3 is 14.2 Å². The van der Waals surface area contributed by atoms with E-state index in [9.17, 15) is 0 Å². The quantitative estimate of drug-likeness (QED) is 0.606. The van der Waals surface area contributed by atoms with Crippen molar-refractivity contribution < 1.29 is 14.2 Å². The van der Waals surface area contributed by atoms with E-state index in [0.29, 0.717) is 25.4 Å². The van der Waals surface area contributed by atoms with Gasteiger partial charge in [0.05, 0.1) is 18.8 Å². The Bertz CT molecular complexity index is 125. The summed E-state index contributed by atoms with van der Waals surface area (Å²) in [7, 11) is 1.64. The molecule has 1 fully saturated rings. The molecule has 0 aliphatic carbocycles. The van der Waals surface area contributed by atoms with E-state index in [1.54, 1.807) is 7.11 Å². The maximum atomic E-state index is 5.48. The third kappa shape index (κ3) is 2.73. The molecule has 1 saturated heterocycles. The minimum absolute atomic E-state index is 0.209. The third-order valence-corrected chi connectivity index (χ3v) is 2.28. The van der Waals surface area contributed by atoms with Crippen LogP contribution in [0.1, 0.15) is 20.3 Å². The first-order valence-electron chi connectivity index (χ1n) is 4.46. The van der Waals surface area contributed by atoms with Crippen LogP contribution in [-0.4, -0.2) is 32.7 Å². The largest absolute Gasteiger partial charge is 0.376 e. The summed E-state index contributed by atoms with van der Waals surface area (Å²) < 4.78 is 15.8. The number of hydrogen-bond acceptors (Lipinski definition) is 3. The van der Waals surface area contributed by atoms with Crippen molar-refractivity contribution in [1.82, 2.24) is 0 Å². The molecule has 1 rings (SSSR count).